The molecular weight excluding hydrogens is 1080 g/mol. The van der Waals surface area contributed by atoms with Gasteiger partial charge in [0, 0.05) is 34.6 Å². The van der Waals surface area contributed by atoms with Crippen LogP contribution in [0.3, 0.4) is 0 Å². The molecule has 2 aromatic heterocycles. The van der Waals surface area contributed by atoms with Crippen molar-refractivity contribution in [3.63, 3.8) is 0 Å². The molecule has 2 heterocycles. The fourth-order valence-electron chi connectivity index (χ4n) is 7.12. The van der Waals surface area contributed by atoms with E-state index in [1.165, 1.54) is 41.0 Å². The number of carbonyl (C=O) groups excluding carboxylic acids is 4. The lowest BCUT2D eigenvalue weighted by molar-refractivity contribution is -0.193. The van der Waals surface area contributed by atoms with Crippen molar-refractivity contribution < 1.29 is 70.4 Å². The monoisotopic (exact) mass is 1120 g/mol. The van der Waals surface area contributed by atoms with E-state index in [1.807, 2.05) is 13.8 Å². The second kappa shape index (κ2) is 25.7. The predicted octanol–water partition coefficient (Wildman–Crippen LogP) is 8.67. The maximum Gasteiger partial charge on any atom is 0.373 e. The molecule has 0 aliphatic rings. The average molecular weight is 1120 g/mol. The molecule has 0 bridgehead atoms. The van der Waals surface area contributed by atoms with Crippen LogP contribution in [0.15, 0.2) is 178 Å². The highest BCUT2D eigenvalue weighted by atomic mass is 32.2. The van der Waals surface area contributed by atoms with Gasteiger partial charge in [-0.1, -0.05) is 62.4 Å². The molecule has 8 aromatic rings. The van der Waals surface area contributed by atoms with Crippen molar-refractivity contribution in [2.45, 2.75) is 46.3 Å². The van der Waals surface area contributed by atoms with Crippen LogP contribution >= 0.6 is 0 Å². The number of halogens is 4. The van der Waals surface area contributed by atoms with Crippen LogP contribution in [0.2, 0.25) is 0 Å². The van der Waals surface area contributed by atoms with Crippen molar-refractivity contribution in [1.82, 2.24) is 9.97 Å². The van der Waals surface area contributed by atoms with Crippen LogP contribution in [-0.2, 0) is 59.3 Å². The van der Waals surface area contributed by atoms with Gasteiger partial charge in [0.05, 0.1) is 43.4 Å². The van der Waals surface area contributed by atoms with Crippen LogP contribution in [0, 0.1) is 23.3 Å². The van der Waals surface area contributed by atoms with Crippen molar-refractivity contribution in [3.05, 3.63) is 181 Å². The van der Waals surface area contributed by atoms with Gasteiger partial charge >= 0.3 is 12.3 Å². The summed E-state index contributed by atoms with van der Waals surface area (Å²) in [5, 5.41) is 1.62. The number of rotatable bonds is 16. The number of aromatic nitrogens is 2. The Morgan fingerprint density at radius 2 is 0.789 bits per heavy atom. The zero-order valence-electron chi connectivity index (χ0n) is 39.7. The Kier molecular flexibility index (Phi) is 19.8. The van der Waals surface area contributed by atoms with Crippen LogP contribution in [0.4, 0.5) is 40.6 Å². The molecule has 0 unspecified atom stereocenters. The zero-order valence-corrected chi connectivity index (χ0v) is 42.9. The third kappa shape index (κ3) is 14.1. The zero-order chi connectivity index (χ0) is 55.8. The first-order valence-corrected chi connectivity index (χ1v) is 27.8. The fourth-order valence-corrected chi connectivity index (χ4v) is 12.3. The first-order chi connectivity index (χ1) is 36.1. The molecule has 18 nitrogen and oxygen atoms in total. The molecule has 6 aromatic carbocycles. The lowest BCUT2D eigenvalue weighted by Crippen LogP contribution is -2.34. The summed E-state index contributed by atoms with van der Waals surface area (Å²) in [6.07, 6.45) is 3.97. The van der Waals surface area contributed by atoms with Crippen molar-refractivity contribution in [2.24, 2.45) is 0 Å². The first-order valence-electron chi connectivity index (χ1n) is 22.0. The van der Waals surface area contributed by atoms with Crippen molar-refractivity contribution >= 4 is 97.0 Å². The van der Waals surface area contributed by atoms with Crippen LogP contribution < -0.4 is 18.1 Å². The number of fused-ring (bicyclic) bond motifs is 2. The summed E-state index contributed by atoms with van der Waals surface area (Å²) in [7, 11) is -16.3. The van der Waals surface area contributed by atoms with Crippen LogP contribution in [0.1, 0.15) is 26.7 Å². The van der Waals surface area contributed by atoms with E-state index in [0.717, 1.165) is 77.1 Å². The Hall–Kier alpha value is -8.38. The molecule has 2 N–H and O–H groups in total. The quantitative estimate of drug-likeness (QED) is 0.0858. The smallest absolute Gasteiger partial charge is 0.277 e. The summed E-state index contributed by atoms with van der Waals surface area (Å²) in [5.74, 6) is -2.17. The van der Waals surface area contributed by atoms with Crippen LogP contribution in [-0.4, -0.2) is 69.0 Å². The number of hydrogen-bond acceptors (Lipinski definition) is 14. The van der Waals surface area contributed by atoms with E-state index in [9.17, 15) is 51.2 Å². The van der Waals surface area contributed by atoms with Gasteiger partial charge in [0.15, 0.2) is 0 Å². The van der Waals surface area contributed by atoms with Gasteiger partial charge in [-0.2, -0.15) is 19.2 Å². The normalized spacial score (nSPS) is 11.2. The Balaban J connectivity index is 0.000000257. The number of nitrogens with one attached hydrogen (secondary N) is 2. The molecule has 26 heteroatoms. The molecular formula is C50H42F4N6O12S4. The SMILES string of the molecule is CCCN(c1cnc(N(CCC)S(=O)(=O)c2ccc(F)cc2)c2ccccc12)S(=O)(=O)c1ccc(F)cc1.O=C=O.O=C=O.O=S(=O)(Nc1cnc(NS(=O)(=O)c2ccc(F)cc2)c2ccccc12)c1ccc(F)cc1. The van der Waals surface area contributed by atoms with Gasteiger partial charge in [0.1, 0.15) is 34.9 Å². The molecule has 8 rings (SSSR count). The molecule has 0 aliphatic carbocycles. The first kappa shape index (κ1) is 58.5. The minimum Gasteiger partial charge on any atom is -0.277 e. The number of pyridine rings is 2. The van der Waals surface area contributed by atoms with E-state index >= 15 is 0 Å². The summed E-state index contributed by atoms with van der Waals surface area (Å²) in [6.45, 7) is 3.87. The second-order valence-electron chi connectivity index (χ2n) is 15.4. The standard InChI is InChI=1S/C27H27F2N3O4S2.C21H15F2N3O4S2.2CO2/c1-3-17-31(37(33,34)22-13-9-20(28)10-14-22)26-19-30-27(25-8-6-5-7-24(25)26)32(18-4-2)38(35,36)23-15-11-21(29)12-16-23;22-14-5-9-16(10-6-14)31(27,28)25-20-13-24-21(19-4-2-1-3-18(19)20)26-32(29,30)17-11-7-15(23)8-12-17;2*2-1-3/h5-16,19H,3-4,17-18H2,1-2H3;1-13,25H,(H,24,26);;. The van der Waals surface area contributed by atoms with Gasteiger partial charge in [-0.3, -0.25) is 13.7 Å². The van der Waals surface area contributed by atoms with Crippen LogP contribution in [0.25, 0.3) is 21.5 Å². The molecule has 0 saturated carbocycles. The summed E-state index contributed by atoms with van der Waals surface area (Å²) in [4.78, 5) is 40.6. The Labute approximate surface area is 433 Å². The van der Waals surface area contributed by atoms with Gasteiger partial charge in [-0.05, 0) is 110 Å². The highest BCUT2D eigenvalue weighted by Crippen LogP contribution is 2.37. The highest BCUT2D eigenvalue weighted by molar-refractivity contribution is 7.93. The molecule has 396 valence electrons. The van der Waals surface area contributed by atoms with Crippen molar-refractivity contribution in [2.75, 3.05) is 31.1 Å². The summed E-state index contributed by atoms with van der Waals surface area (Å²) in [6, 6.07) is 31.0. The van der Waals surface area contributed by atoms with E-state index in [2.05, 4.69) is 19.4 Å². The van der Waals surface area contributed by atoms with Gasteiger partial charge in [0.2, 0.25) is 0 Å². The van der Waals surface area contributed by atoms with Gasteiger partial charge < -0.3 is 0 Å². The molecule has 76 heavy (non-hydrogen) atoms. The molecule has 0 atom stereocenters. The van der Waals surface area contributed by atoms with Gasteiger partial charge in [-0.25, -0.2) is 65.5 Å². The average Bonchev–Trinajstić information content (AvgIpc) is 3.39. The van der Waals surface area contributed by atoms with Gasteiger partial charge in [-0.15, -0.1) is 0 Å². The number of sulfonamides is 4. The highest BCUT2D eigenvalue weighted by Gasteiger charge is 2.31. The topological polar surface area (TPSA) is 261 Å². The molecule has 0 amide bonds. The Morgan fingerprint density at radius 3 is 1.22 bits per heavy atom. The molecule has 0 saturated heterocycles. The lowest BCUT2D eigenvalue weighted by Gasteiger charge is -2.28. The number of anilines is 4. The molecule has 0 fully saturated rings. The van der Waals surface area contributed by atoms with E-state index in [4.69, 9.17) is 19.2 Å². The maximum atomic E-state index is 13.6. The Bertz CT molecular complexity index is 3600. The Morgan fingerprint density at radius 1 is 0.434 bits per heavy atom. The fraction of sp³-hybridized carbons (Fsp3) is 0.120. The summed E-state index contributed by atoms with van der Waals surface area (Å²) >= 11 is 0. The van der Waals surface area contributed by atoms with Crippen molar-refractivity contribution in [1.29, 1.82) is 0 Å². The second-order valence-corrected chi connectivity index (χ2v) is 22.5. The minimum absolute atomic E-state index is 0.0327. The third-order valence-corrected chi connectivity index (χ3v) is 16.8. The van der Waals surface area contributed by atoms with Crippen LogP contribution in [0.5, 0.6) is 0 Å². The number of benzene rings is 6. The third-order valence-electron chi connectivity index (χ3n) is 10.4. The number of hydrogen-bond donors (Lipinski definition) is 2. The van der Waals surface area contributed by atoms with E-state index in [-0.39, 0.29) is 68.0 Å². The molecule has 0 aliphatic heterocycles. The van der Waals surface area contributed by atoms with E-state index in [0.29, 0.717) is 34.4 Å². The summed E-state index contributed by atoms with van der Waals surface area (Å²) in [5.41, 5.74) is 0.376. The predicted molar refractivity (Wildman–Crippen MR) is 270 cm³/mol. The van der Waals surface area contributed by atoms with E-state index < -0.39 is 63.4 Å². The number of nitrogens with zero attached hydrogens (tertiary/aromatic N) is 4. The lowest BCUT2D eigenvalue weighted by atomic mass is 10.1. The van der Waals surface area contributed by atoms with Gasteiger partial charge in [0.25, 0.3) is 40.1 Å². The molecule has 0 radical (unpaired) electrons. The van der Waals surface area contributed by atoms with Crippen molar-refractivity contribution in [3.8, 4) is 0 Å². The summed E-state index contributed by atoms with van der Waals surface area (Å²) < 4.78 is 165. The minimum atomic E-state index is -4.11. The largest absolute Gasteiger partial charge is 0.373 e. The molecule has 0 spiro atoms. The maximum absolute atomic E-state index is 13.6. The van der Waals surface area contributed by atoms with E-state index in [1.54, 1.807) is 48.5 Å².